The highest BCUT2D eigenvalue weighted by molar-refractivity contribution is 8.00. The van der Waals surface area contributed by atoms with Crippen LogP contribution < -0.4 is 5.32 Å². The number of hydrogen-bond acceptors (Lipinski definition) is 3. The van der Waals surface area contributed by atoms with Crippen LogP contribution in [0.15, 0.2) is 59.5 Å². The summed E-state index contributed by atoms with van der Waals surface area (Å²) < 4.78 is 0. The van der Waals surface area contributed by atoms with Crippen LogP contribution in [-0.4, -0.2) is 42.1 Å². The zero-order valence-electron chi connectivity index (χ0n) is 15.7. The molecule has 1 saturated heterocycles. The maximum absolute atomic E-state index is 12.7. The number of hydrogen-bond donors (Lipinski definition) is 1. The molecule has 5 heteroatoms. The highest BCUT2D eigenvalue weighted by Gasteiger charge is 2.19. The Bertz CT molecular complexity index is 773. The van der Waals surface area contributed by atoms with Gasteiger partial charge >= 0.3 is 0 Å². The van der Waals surface area contributed by atoms with E-state index in [0.717, 1.165) is 30.8 Å². The number of carbonyl (C=O) groups is 2. The van der Waals surface area contributed by atoms with Gasteiger partial charge in [-0.1, -0.05) is 49.4 Å². The number of nitrogens with one attached hydrogen (secondary N) is 1. The second-order valence-electron chi connectivity index (χ2n) is 6.89. The molecule has 2 amide bonds. The fourth-order valence-corrected chi connectivity index (χ4v) is 4.17. The molecular weight excluding hydrogens is 356 g/mol. The number of amides is 2. The molecule has 1 fully saturated rings. The Morgan fingerprint density at radius 2 is 1.70 bits per heavy atom. The average Bonchev–Trinajstić information content (AvgIpc) is 3.26. The lowest BCUT2D eigenvalue weighted by Gasteiger charge is -2.16. The van der Waals surface area contributed by atoms with E-state index in [1.54, 1.807) is 0 Å². The van der Waals surface area contributed by atoms with Crippen LogP contribution in [0.25, 0.3) is 0 Å². The smallest absolute Gasteiger partial charge is 0.252 e. The Morgan fingerprint density at radius 1 is 1.04 bits per heavy atom. The van der Waals surface area contributed by atoms with Gasteiger partial charge in [-0.25, -0.2) is 0 Å². The maximum atomic E-state index is 12.7. The van der Waals surface area contributed by atoms with Crippen molar-refractivity contribution in [1.29, 1.82) is 0 Å². The Morgan fingerprint density at radius 3 is 2.44 bits per heavy atom. The van der Waals surface area contributed by atoms with Crippen LogP contribution in [0.1, 0.15) is 41.6 Å². The molecule has 1 aliphatic rings. The van der Waals surface area contributed by atoms with Gasteiger partial charge in [-0.3, -0.25) is 9.59 Å². The standard InChI is InChI=1S/C22H26N2O2S/c1-17(18-9-3-2-4-10-18)15-23-22(26)19-11-5-6-12-20(19)27-16-21(25)24-13-7-8-14-24/h2-6,9-12,17H,7-8,13-16H2,1H3,(H,23,26). The van der Waals surface area contributed by atoms with Crippen molar-refractivity contribution in [2.75, 3.05) is 25.4 Å². The van der Waals surface area contributed by atoms with Crippen LogP contribution in [0.4, 0.5) is 0 Å². The molecule has 1 aliphatic heterocycles. The van der Waals surface area contributed by atoms with Gasteiger partial charge in [-0.2, -0.15) is 0 Å². The monoisotopic (exact) mass is 382 g/mol. The predicted molar refractivity (Wildman–Crippen MR) is 110 cm³/mol. The summed E-state index contributed by atoms with van der Waals surface area (Å²) in [5.41, 5.74) is 1.84. The molecule has 0 aromatic heterocycles. The molecule has 0 aliphatic carbocycles. The summed E-state index contributed by atoms with van der Waals surface area (Å²) in [6.45, 7) is 4.40. The molecule has 27 heavy (non-hydrogen) atoms. The van der Waals surface area contributed by atoms with E-state index in [0.29, 0.717) is 17.9 Å². The predicted octanol–water partition coefficient (Wildman–Crippen LogP) is 3.93. The maximum Gasteiger partial charge on any atom is 0.252 e. The molecule has 3 rings (SSSR count). The lowest BCUT2D eigenvalue weighted by Crippen LogP contribution is -2.29. The average molecular weight is 383 g/mol. The fraction of sp³-hybridized carbons (Fsp3) is 0.364. The van der Waals surface area contributed by atoms with Gasteiger partial charge in [-0.05, 0) is 36.5 Å². The van der Waals surface area contributed by atoms with Gasteiger partial charge in [0.05, 0.1) is 11.3 Å². The van der Waals surface area contributed by atoms with Crippen molar-refractivity contribution in [2.45, 2.75) is 30.6 Å². The van der Waals surface area contributed by atoms with Crippen molar-refractivity contribution in [3.63, 3.8) is 0 Å². The van der Waals surface area contributed by atoms with Crippen LogP contribution in [0.3, 0.4) is 0 Å². The van der Waals surface area contributed by atoms with Gasteiger partial charge in [0.1, 0.15) is 0 Å². The van der Waals surface area contributed by atoms with Crippen LogP contribution in [0, 0.1) is 0 Å². The van der Waals surface area contributed by atoms with E-state index in [-0.39, 0.29) is 17.7 Å². The van der Waals surface area contributed by atoms with Crippen molar-refractivity contribution in [1.82, 2.24) is 10.2 Å². The minimum Gasteiger partial charge on any atom is -0.351 e. The van der Waals surface area contributed by atoms with Crippen molar-refractivity contribution in [3.8, 4) is 0 Å². The summed E-state index contributed by atoms with van der Waals surface area (Å²) in [4.78, 5) is 27.7. The Kier molecular flexibility index (Phi) is 6.93. The van der Waals surface area contributed by atoms with Gasteiger partial charge in [0.15, 0.2) is 0 Å². The molecule has 0 spiro atoms. The number of likely N-dealkylation sites (tertiary alicyclic amines) is 1. The third kappa shape index (κ3) is 5.36. The molecule has 0 saturated carbocycles. The number of benzene rings is 2. The summed E-state index contributed by atoms with van der Waals surface area (Å²) in [6, 6.07) is 17.7. The van der Waals surface area contributed by atoms with E-state index in [1.807, 2.05) is 47.4 Å². The summed E-state index contributed by atoms with van der Waals surface area (Å²) in [5.74, 6) is 0.691. The lowest BCUT2D eigenvalue weighted by atomic mass is 10.0. The zero-order valence-corrected chi connectivity index (χ0v) is 16.5. The van der Waals surface area contributed by atoms with E-state index in [1.165, 1.54) is 17.3 Å². The highest BCUT2D eigenvalue weighted by Crippen LogP contribution is 2.24. The van der Waals surface area contributed by atoms with Crippen molar-refractivity contribution >= 4 is 23.6 Å². The van der Waals surface area contributed by atoms with Crippen LogP contribution in [0.2, 0.25) is 0 Å². The van der Waals surface area contributed by atoms with Crippen molar-refractivity contribution in [3.05, 3.63) is 65.7 Å². The zero-order chi connectivity index (χ0) is 19.1. The Labute approximate surface area is 165 Å². The summed E-state index contributed by atoms with van der Waals surface area (Å²) >= 11 is 1.45. The second-order valence-corrected chi connectivity index (χ2v) is 7.91. The quantitative estimate of drug-likeness (QED) is 0.738. The molecule has 1 unspecified atom stereocenters. The van der Waals surface area contributed by atoms with E-state index in [9.17, 15) is 9.59 Å². The van der Waals surface area contributed by atoms with Gasteiger partial charge in [0, 0.05) is 24.5 Å². The number of nitrogens with zero attached hydrogens (tertiary/aromatic N) is 1. The molecule has 1 N–H and O–H groups in total. The van der Waals surface area contributed by atoms with Gasteiger partial charge in [0.25, 0.3) is 5.91 Å². The van der Waals surface area contributed by atoms with Crippen LogP contribution >= 0.6 is 11.8 Å². The minimum absolute atomic E-state index is 0.0884. The largest absolute Gasteiger partial charge is 0.351 e. The SMILES string of the molecule is CC(CNC(=O)c1ccccc1SCC(=O)N1CCCC1)c1ccccc1. The summed E-state index contributed by atoms with van der Waals surface area (Å²) in [6.07, 6.45) is 2.18. The minimum atomic E-state index is -0.0884. The molecule has 4 nitrogen and oxygen atoms in total. The Balaban J connectivity index is 1.57. The van der Waals surface area contributed by atoms with E-state index in [2.05, 4.69) is 24.4 Å². The highest BCUT2D eigenvalue weighted by atomic mass is 32.2. The first-order chi connectivity index (χ1) is 13.1. The summed E-state index contributed by atoms with van der Waals surface area (Å²) in [7, 11) is 0. The molecular formula is C22H26N2O2S. The number of carbonyl (C=O) groups excluding carboxylic acids is 2. The molecule has 142 valence electrons. The fourth-order valence-electron chi connectivity index (χ4n) is 3.22. The topological polar surface area (TPSA) is 49.4 Å². The van der Waals surface area contributed by atoms with Crippen LogP contribution in [-0.2, 0) is 4.79 Å². The second kappa shape index (κ2) is 9.60. The number of rotatable bonds is 7. The molecule has 1 atom stereocenters. The Hall–Kier alpha value is -2.27. The van der Waals surface area contributed by atoms with E-state index < -0.39 is 0 Å². The van der Waals surface area contributed by atoms with Crippen molar-refractivity contribution < 1.29 is 9.59 Å². The van der Waals surface area contributed by atoms with Gasteiger partial charge in [0.2, 0.25) is 5.91 Å². The van der Waals surface area contributed by atoms with E-state index >= 15 is 0 Å². The third-order valence-electron chi connectivity index (χ3n) is 4.88. The first-order valence-corrected chi connectivity index (χ1v) is 10.5. The van der Waals surface area contributed by atoms with Crippen molar-refractivity contribution in [2.24, 2.45) is 0 Å². The molecule has 0 radical (unpaired) electrons. The van der Waals surface area contributed by atoms with Gasteiger partial charge in [-0.15, -0.1) is 11.8 Å². The number of thioether (sulfide) groups is 1. The summed E-state index contributed by atoms with van der Waals surface area (Å²) in [5, 5.41) is 3.03. The molecule has 1 heterocycles. The van der Waals surface area contributed by atoms with E-state index in [4.69, 9.17) is 0 Å². The molecule has 2 aromatic rings. The van der Waals surface area contributed by atoms with Gasteiger partial charge < -0.3 is 10.2 Å². The normalized spacial score (nSPS) is 14.8. The first kappa shape index (κ1) is 19.5. The first-order valence-electron chi connectivity index (χ1n) is 9.48. The molecule has 0 bridgehead atoms. The van der Waals surface area contributed by atoms with Crippen LogP contribution in [0.5, 0.6) is 0 Å². The third-order valence-corrected chi connectivity index (χ3v) is 5.94. The molecule has 2 aromatic carbocycles. The lowest BCUT2D eigenvalue weighted by molar-refractivity contribution is -0.127.